The number of carbonyl (C=O) groups excluding carboxylic acids is 1. The van der Waals surface area contributed by atoms with Gasteiger partial charge in [0, 0.05) is 0 Å². The molecule has 0 amide bonds. The van der Waals surface area contributed by atoms with Crippen molar-refractivity contribution in [2.24, 2.45) is 0 Å². The maximum absolute atomic E-state index is 14.1. The van der Waals surface area contributed by atoms with Gasteiger partial charge in [-0.05, 0) is 0 Å². The topological polar surface area (TPSA) is 42.0 Å². The summed E-state index contributed by atoms with van der Waals surface area (Å²) in [6, 6.07) is 34.3. The molecule has 2 aliphatic heterocycles. The molecule has 0 atom stereocenters. The van der Waals surface area contributed by atoms with Crippen LogP contribution < -0.4 is 13.1 Å². The van der Waals surface area contributed by atoms with E-state index in [0.717, 1.165) is 26.2 Å². The molecule has 44 heavy (non-hydrogen) atoms. The van der Waals surface area contributed by atoms with E-state index in [1.165, 1.54) is 35.3 Å². The molecular weight excluding hydrogens is 938 g/mol. The molecule has 0 bridgehead atoms. The van der Waals surface area contributed by atoms with Gasteiger partial charge in [-0.25, -0.2) is 0 Å². The number of carbonyl (C=O) groups is 1. The van der Waals surface area contributed by atoms with Crippen LogP contribution in [0.15, 0.2) is 97.1 Å². The van der Waals surface area contributed by atoms with Crippen LogP contribution in [-0.4, -0.2) is 71.4 Å². The Morgan fingerprint density at radius 1 is 0.500 bits per heavy atom. The van der Waals surface area contributed by atoms with Crippen molar-refractivity contribution < 1.29 is 10.4 Å². The van der Waals surface area contributed by atoms with Gasteiger partial charge in [-0.15, -0.1) is 0 Å². The monoisotopic (exact) mass is 980 g/mol. The molecule has 0 unspecified atom stereocenters. The quantitative estimate of drug-likeness (QED) is 0.266. The van der Waals surface area contributed by atoms with Crippen molar-refractivity contribution >= 4 is 63.6 Å². The summed E-state index contributed by atoms with van der Waals surface area (Å²) >= 11 is -6.56. The van der Waals surface area contributed by atoms with Gasteiger partial charge in [-0.1, -0.05) is 0 Å². The second-order valence-corrected chi connectivity index (χ2v) is 27.1. The Bertz CT molecular complexity index is 1440. The molecule has 5 nitrogen and oxygen atoms in total. The van der Waals surface area contributed by atoms with Crippen LogP contribution in [0.25, 0.3) is 0 Å². The van der Waals surface area contributed by atoms with Gasteiger partial charge in [-0.3, -0.25) is 0 Å². The Labute approximate surface area is 279 Å². The minimum atomic E-state index is -3.28. The number of fused-ring (bicyclic) bond motifs is 4. The van der Waals surface area contributed by atoms with Crippen LogP contribution in [0.1, 0.15) is 63.8 Å². The predicted octanol–water partition coefficient (Wildman–Crippen LogP) is 4.98. The summed E-state index contributed by atoms with van der Waals surface area (Å²) < 4.78 is 18.2. The van der Waals surface area contributed by atoms with Crippen molar-refractivity contribution in [2.45, 2.75) is 78.8 Å². The van der Waals surface area contributed by atoms with E-state index in [-0.39, 0.29) is 11.1 Å². The van der Waals surface area contributed by atoms with E-state index in [4.69, 9.17) is 5.63 Å². The van der Waals surface area contributed by atoms with Gasteiger partial charge in [0.25, 0.3) is 0 Å². The van der Waals surface area contributed by atoms with E-state index in [9.17, 15) is 4.79 Å². The van der Waals surface area contributed by atoms with Crippen molar-refractivity contribution in [1.82, 2.24) is 9.80 Å². The number of hydrogen-bond acceptors (Lipinski definition) is 5. The zero-order chi connectivity index (χ0) is 31.1. The van der Waals surface area contributed by atoms with Crippen molar-refractivity contribution in [1.29, 1.82) is 0 Å². The summed E-state index contributed by atoms with van der Waals surface area (Å²) in [5.41, 5.74) is 5.03. The van der Waals surface area contributed by atoms with Crippen LogP contribution in [-0.2, 0) is 31.8 Å². The molecule has 0 fully saturated rings. The van der Waals surface area contributed by atoms with E-state index in [2.05, 4.69) is 148 Å². The fraction of sp³-hybridized carbons (Fsp3) is 0.324. The Balaban J connectivity index is 1.38. The van der Waals surface area contributed by atoms with E-state index < -0.39 is 50.5 Å². The molecule has 2 aliphatic rings. The molecule has 0 radical (unpaired) electrons. The van der Waals surface area contributed by atoms with Gasteiger partial charge in [-0.2, -0.15) is 0 Å². The van der Waals surface area contributed by atoms with E-state index in [1.54, 1.807) is 0 Å². The van der Waals surface area contributed by atoms with Crippen LogP contribution in [0.2, 0.25) is 0 Å². The summed E-state index contributed by atoms with van der Waals surface area (Å²) in [4.78, 5) is 19.1. The van der Waals surface area contributed by atoms with E-state index in [0.29, 0.717) is 0 Å². The molecule has 6 rings (SSSR count). The molecule has 0 aliphatic carbocycles. The second kappa shape index (κ2) is 12.9. The third kappa shape index (κ3) is 6.82. The fourth-order valence-electron chi connectivity index (χ4n) is 5.88. The third-order valence-corrected chi connectivity index (χ3v) is 24.7. The molecule has 4 aromatic rings. The first-order valence-corrected chi connectivity index (χ1v) is 25.1. The summed E-state index contributed by atoms with van der Waals surface area (Å²) in [6.07, 6.45) is -0.490. The number of benzene rings is 4. The Morgan fingerprint density at radius 2 is 0.750 bits per heavy atom. The van der Waals surface area contributed by atoms with Crippen LogP contribution in [0.4, 0.5) is 4.79 Å². The van der Waals surface area contributed by atoms with Crippen LogP contribution in [0, 0.1) is 0 Å². The zero-order valence-electron chi connectivity index (χ0n) is 26.6. The summed E-state index contributed by atoms with van der Waals surface area (Å²) in [6.45, 7) is 16.9. The van der Waals surface area contributed by atoms with Crippen LogP contribution in [0.5, 0.6) is 0 Å². The average molecular weight is 981 g/mol. The molecule has 0 saturated carbocycles. The molecule has 0 saturated heterocycles. The standard InChI is InChI=1S/2C18H21N.CH2O3.2Bi/c2*1-18(2,3)19(14-16-10-6-4-7-11-16)15-17-12-8-5-9-13-17;2-1(3)4;;/h2*4-10,12H,14-15H2,1-3H3;(H2,2,3,4);;/q;;;2*+1/p-2. The van der Waals surface area contributed by atoms with Gasteiger partial charge in [0.2, 0.25) is 0 Å². The van der Waals surface area contributed by atoms with Gasteiger partial charge in [0.05, 0.1) is 0 Å². The summed E-state index contributed by atoms with van der Waals surface area (Å²) in [5, 5.41) is 0. The fourth-order valence-corrected chi connectivity index (χ4v) is 21.6. The van der Waals surface area contributed by atoms with Crippen molar-refractivity contribution in [3.8, 4) is 0 Å². The van der Waals surface area contributed by atoms with Crippen molar-refractivity contribution in [2.75, 3.05) is 0 Å². The van der Waals surface area contributed by atoms with Gasteiger partial charge in [0.15, 0.2) is 0 Å². The molecule has 228 valence electrons. The average Bonchev–Trinajstić information content (AvgIpc) is 2.97. The molecular formula is C37H42Bi2N2O3. The van der Waals surface area contributed by atoms with Crippen molar-refractivity contribution in [3.63, 3.8) is 0 Å². The number of rotatable bonds is 2. The Kier molecular flexibility index (Phi) is 9.34. The Morgan fingerprint density at radius 3 is 1.00 bits per heavy atom. The summed E-state index contributed by atoms with van der Waals surface area (Å²) in [5.74, 6) is 0. The maximum atomic E-state index is 14.1. The minimum absolute atomic E-state index is 0.00255. The number of nitrogens with zero attached hydrogens (tertiary/aromatic N) is 2. The first kappa shape index (κ1) is 31.8. The van der Waals surface area contributed by atoms with Gasteiger partial charge >= 0.3 is 282 Å². The second-order valence-electron chi connectivity index (χ2n) is 13.6. The molecule has 0 spiro atoms. The zero-order valence-corrected chi connectivity index (χ0v) is 33.5. The van der Waals surface area contributed by atoms with Crippen LogP contribution >= 0.6 is 0 Å². The summed E-state index contributed by atoms with van der Waals surface area (Å²) in [7, 11) is 0. The van der Waals surface area contributed by atoms with Gasteiger partial charge in [0.1, 0.15) is 0 Å². The third-order valence-electron chi connectivity index (χ3n) is 8.52. The Hall–Kier alpha value is -2.16. The van der Waals surface area contributed by atoms with Crippen molar-refractivity contribution in [3.05, 3.63) is 119 Å². The van der Waals surface area contributed by atoms with Gasteiger partial charge < -0.3 is 0 Å². The molecule has 4 aromatic carbocycles. The molecule has 7 heteroatoms. The molecule has 0 aromatic heterocycles. The first-order valence-electron chi connectivity index (χ1n) is 15.3. The van der Waals surface area contributed by atoms with Crippen LogP contribution in [0.3, 0.4) is 0 Å². The predicted molar refractivity (Wildman–Crippen MR) is 181 cm³/mol. The normalized spacial score (nSPS) is 16.7. The number of hydrogen-bond donors (Lipinski definition) is 0. The SMILES string of the molecule is CC(C)(C)N1Cc2cccc[c]2[Bi]([O]C(=O)[O][Bi]2[c]3ccccc3CN(C(C)(C)C)Cc3cccc[c]32)[c]2ccccc2C1. The first-order chi connectivity index (χ1) is 21.0. The van der Waals surface area contributed by atoms with E-state index in [1.807, 2.05) is 0 Å². The molecule has 2 heterocycles. The van der Waals surface area contributed by atoms with E-state index >= 15 is 0 Å². The molecule has 0 N–H and O–H groups in total.